The van der Waals surface area contributed by atoms with Gasteiger partial charge in [-0.05, 0) is 145 Å². The van der Waals surface area contributed by atoms with Crippen LogP contribution < -0.4 is 5.46 Å². The smallest absolute Gasteiger partial charge is 0.436 e. The summed E-state index contributed by atoms with van der Waals surface area (Å²) in [4.78, 5) is 19.5. The van der Waals surface area contributed by atoms with Crippen molar-refractivity contribution in [2.24, 2.45) is 0 Å². The molecule has 0 bridgehead atoms. The lowest BCUT2D eigenvalue weighted by molar-refractivity contribution is 0.00578. The van der Waals surface area contributed by atoms with Gasteiger partial charge in [0.1, 0.15) is 22.2 Å². The van der Waals surface area contributed by atoms with Gasteiger partial charge in [0, 0.05) is 67.3 Å². The summed E-state index contributed by atoms with van der Waals surface area (Å²) in [5.41, 5.74) is 20.3. The number of nitrogens with zero attached hydrogens (tertiary/aromatic N) is 4. The van der Waals surface area contributed by atoms with E-state index in [-0.39, 0.29) is 18.3 Å². The zero-order valence-electron chi connectivity index (χ0n) is 62.5. The summed E-state index contributed by atoms with van der Waals surface area (Å²) in [6, 6.07) is 115. The highest BCUT2D eigenvalue weighted by molar-refractivity contribution is 7.27. The van der Waals surface area contributed by atoms with Gasteiger partial charge in [-0.2, -0.15) is 0 Å². The molecule has 0 unspecified atom stereocenters. The molecule has 8 nitrogen and oxygen atoms in total. The molecule has 6 aromatic heterocycles. The fourth-order valence-electron chi connectivity index (χ4n) is 16.6. The summed E-state index contributed by atoms with van der Waals surface area (Å²) >= 11 is 9.90. The lowest BCUT2D eigenvalue weighted by Gasteiger charge is -2.32. The van der Waals surface area contributed by atoms with Crippen LogP contribution in [0.5, 0.6) is 0 Å². The number of hydrogen-bond acceptors (Lipinski definition) is 10. The first-order valence-corrected chi connectivity index (χ1v) is 40.3. The molecule has 0 atom stereocenters. The second-order valence-electron chi connectivity index (χ2n) is 30.2. The van der Waals surface area contributed by atoms with Crippen molar-refractivity contribution < 1.29 is 18.1 Å². The van der Waals surface area contributed by atoms with E-state index >= 15 is 0 Å². The molecule has 16 aromatic carbocycles. The van der Waals surface area contributed by atoms with Crippen LogP contribution in [-0.2, 0) is 9.31 Å². The van der Waals surface area contributed by atoms with Crippen molar-refractivity contribution in [1.29, 1.82) is 0 Å². The van der Waals surface area contributed by atoms with E-state index < -0.39 is 0 Å². The molecular weight excluding hydrogens is 1460 g/mol. The Labute approximate surface area is 669 Å². The quantitative estimate of drug-likeness (QED) is 0.110. The van der Waals surface area contributed by atoms with E-state index in [1.54, 1.807) is 6.20 Å². The Balaban J connectivity index is 0.000000114. The molecule has 0 N–H and O–H groups in total. The highest BCUT2D eigenvalue weighted by atomic mass is 35.5. The Morgan fingerprint density at radius 3 is 1.04 bits per heavy atom. The SMILES string of the molecule is CC1(C)OB(c2cccc(-c3cccc4c3sc3c(-c5ccccc5)cccc34)c2)OC1(C)C.Clc1cccc(-c2cnc3c(n2)oc2c4ccccc4c4ccccc4c32)c1.c1ccc(-c2cccc3c2sc2c(-c4cccc(-c5cccc(-c6cnc7c(n6)oc6c8ccccc8c8ccccc8c76)c5)c4)cccc23)cc1. The van der Waals surface area contributed by atoms with Crippen LogP contribution in [0, 0.1) is 0 Å². The van der Waals surface area contributed by atoms with Crippen LogP contribution in [0.1, 0.15) is 27.7 Å². The van der Waals surface area contributed by atoms with E-state index in [2.05, 4.69) is 319 Å². The summed E-state index contributed by atoms with van der Waals surface area (Å²) in [5, 5.41) is 17.0. The van der Waals surface area contributed by atoms with E-state index in [1.165, 1.54) is 106 Å². The van der Waals surface area contributed by atoms with Crippen molar-refractivity contribution in [2.45, 2.75) is 38.9 Å². The van der Waals surface area contributed by atoms with Crippen LogP contribution in [0.15, 0.2) is 349 Å². The van der Waals surface area contributed by atoms with Crippen molar-refractivity contribution in [3.63, 3.8) is 0 Å². The maximum Gasteiger partial charge on any atom is 0.494 e. The average Bonchev–Trinajstić information content (AvgIpc) is 1.54. The van der Waals surface area contributed by atoms with Gasteiger partial charge in [0.25, 0.3) is 0 Å². The maximum atomic E-state index is 6.53. The molecule has 22 aromatic rings. The second-order valence-corrected chi connectivity index (χ2v) is 32.6. The fourth-order valence-corrected chi connectivity index (χ4v) is 19.5. The topological polar surface area (TPSA) is 96.3 Å². The number of fused-ring (bicyclic) bond motifs is 22. The first-order valence-electron chi connectivity index (χ1n) is 38.3. The Hall–Kier alpha value is -13.0. The molecule has 542 valence electrons. The number of thiophene rings is 2. The molecule has 12 heteroatoms. The summed E-state index contributed by atoms with van der Waals surface area (Å²) in [6.45, 7) is 8.39. The van der Waals surface area contributed by atoms with E-state index in [0.717, 1.165) is 93.6 Å². The van der Waals surface area contributed by atoms with E-state index in [1.807, 2.05) is 65.3 Å². The van der Waals surface area contributed by atoms with Gasteiger partial charge in [0.2, 0.25) is 11.4 Å². The first kappa shape index (κ1) is 69.0. The van der Waals surface area contributed by atoms with Gasteiger partial charge in [0.05, 0.1) is 45.8 Å². The van der Waals surface area contributed by atoms with E-state index in [0.29, 0.717) is 16.4 Å². The minimum Gasteiger partial charge on any atom is -0.436 e. The molecule has 114 heavy (non-hydrogen) atoms. The number of benzene rings is 16. The van der Waals surface area contributed by atoms with Crippen LogP contribution in [0.3, 0.4) is 0 Å². The molecule has 1 aliphatic heterocycles. The maximum absolute atomic E-state index is 6.53. The van der Waals surface area contributed by atoms with Crippen molar-refractivity contribution in [3.05, 3.63) is 345 Å². The Bertz CT molecular complexity index is 7600. The Morgan fingerprint density at radius 2 is 0.605 bits per heavy atom. The largest absolute Gasteiger partial charge is 0.494 e. The summed E-state index contributed by atoms with van der Waals surface area (Å²) in [7, 11) is -0.365. The van der Waals surface area contributed by atoms with Crippen LogP contribution in [0.4, 0.5) is 0 Å². The highest BCUT2D eigenvalue weighted by Crippen LogP contribution is 2.49. The molecular formula is C102H68BClN4O4S2. The summed E-state index contributed by atoms with van der Waals surface area (Å²) < 4.78 is 30.7. The predicted molar refractivity (Wildman–Crippen MR) is 480 cm³/mol. The second kappa shape index (κ2) is 27.7. The standard InChI is InChI=1S/C48H28N2OS.C30H27BO2S.C24H13ClN2O/c1-2-12-29(13-3-1)34-22-10-24-40-41-25-11-23-35(47(41)52-46(34)40)32-16-8-14-30(26-32)31-15-9-17-33(27-31)42-28-49-44-43-38-20-6-4-18-36(38)37-19-5-7-21-39(37)45(43)51-48(44)50-42;1-29(2)30(3,4)33-31(32-29)22-14-8-13-21(19-22)24-16-10-18-26-25-17-9-15-23(27(25)34-28(24)26)20-11-6-5-7-12-20;25-15-7-5-6-14(12-15)20-13-26-22-21-18-10-3-1-8-16(18)17-9-2-4-11-19(17)23(21)28-24(22)27-20/h1-28H;5-19H,1-4H3;1-13H. The molecule has 1 aliphatic rings. The monoisotopic (exact) mass is 1520 g/mol. The third-order valence-electron chi connectivity index (χ3n) is 22.8. The van der Waals surface area contributed by atoms with Crippen molar-refractivity contribution in [2.75, 3.05) is 0 Å². The number of furan rings is 2. The van der Waals surface area contributed by atoms with Crippen LogP contribution >= 0.6 is 34.3 Å². The van der Waals surface area contributed by atoms with E-state index in [9.17, 15) is 0 Å². The molecule has 0 amide bonds. The zero-order chi connectivity index (χ0) is 76.3. The molecule has 0 spiro atoms. The molecule has 0 saturated carbocycles. The molecule has 7 heterocycles. The van der Waals surface area contributed by atoms with Crippen molar-refractivity contribution >= 4 is 175 Å². The minimum atomic E-state index is -0.365. The molecule has 0 radical (unpaired) electrons. The Kier molecular flexibility index (Phi) is 16.8. The van der Waals surface area contributed by atoms with Gasteiger partial charge in [-0.25, -0.2) is 19.9 Å². The molecule has 0 aliphatic carbocycles. The minimum absolute atomic E-state index is 0.354. The number of aromatic nitrogens is 4. The van der Waals surface area contributed by atoms with Crippen LogP contribution in [-0.4, -0.2) is 38.3 Å². The van der Waals surface area contributed by atoms with Crippen molar-refractivity contribution in [3.8, 4) is 78.1 Å². The number of halogens is 1. The van der Waals surface area contributed by atoms with Gasteiger partial charge in [0.15, 0.2) is 0 Å². The van der Waals surface area contributed by atoms with Crippen LogP contribution in [0.2, 0.25) is 5.02 Å². The average molecular weight is 1520 g/mol. The number of rotatable bonds is 8. The Morgan fingerprint density at radius 1 is 0.289 bits per heavy atom. The highest BCUT2D eigenvalue weighted by Gasteiger charge is 2.51. The summed E-state index contributed by atoms with van der Waals surface area (Å²) in [6.07, 6.45) is 3.66. The van der Waals surface area contributed by atoms with Crippen molar-refractivity contribution in [1.82, 2.24) is 19.9 Å². The lowest BCUT2D eigenvalue weighted by atomic mass is 9.78. The lowest BCUT2D eigenvalue weighted by Crippen LogP contribution is -2.41. The van der Waals surface area contributed by atoms with Gasteiger partial charge in [-0.1, -0.05) is 315 Å². The normalized spacial score (nSPS) is 13.4. The third-order valence-corrected chi connectivity index (χ3v) is 25.7. The van der Waals surface area contributed by atoms with Crippen LogP contribution in [0.25, 0.3) is 206 Å². The fraction of sp³-hybridized carbons (Fsp3) is 0.0588. The predicted octanol–water partition coefficient (Wildman–Crippen LogP) is 28.4. The molecule has 1 saturated heterocycles. The van der Waals surface area contributed by atoms with Gasteiger partial charge >= 0.3 is 7.12 Å². The molecule has 23 rings (SSSR count). The molecule has 1 fully saturated rings. The summed E-state index contributed by atoms with van der Waals surface area (Å²) in [5.74, 6) is 0. The van der Waals surface area contributed by atoms with Gasteiger partial charge < -0.3 is 18.1 Å². The number of hydrogen-bond donors (Lipinski definition) is 0. The van der Waals surface area contributed by atoms with Gasteiger partial charge in [-0.15, -0.1) is 22.7 Å². The van der Waals surface area contributed by atoms with Gasteiger partial charge in [-0.3, -0.25) is 0 Å². The third kappa shape index (κ3) is 11.8. The van der Waals surface area contributed by atoms with E-state index in [4.69, 9.17) is 49.7 Å². The first-order chi connectivity index (χ1) is 55.9. The zero-order valence-corrected chi connectivity index (χ0v) is 64.9.